The summed E-state index contributed by atoms with van der Waals surface area (Å²) in [5.74, 6) is 0.590. The van der Waals surface area contributed by atoms with E-state index in [0.717, 1.165) is 23.6 Å². The van der Waals surface area contributed by atoms with Crippen molar-refractivity contribution in [2.45, 2.75) is 25.8 Å². The van der Waals surface area contributed by atoms with Crippen LogP contribution in [0.1, 0.15) is 28.4 Å². The summed E-state index contributed by atoms with van der Waals surface area (Å²) in [7, 11) is 0. The molecule has 1 amide bonds. The van der Waals surface area contributed by atoms with Crippen LogP contribution in [0.5, 0.6) is 5.75 Å². The first-order valence-corrected chi connectivity index (χ1v) is 8.78. The molecule has 3 aromatic carbocycles. The van der Waals surface area contributed by atoms with Crippen LogP contribution in [0.2, 0.25) is 0 Å². The van der Waals surface area contributed by atoms with Crippen molar-refractivity contribution < 1.29 is 9.53 Å². The normalized spacial score (nSPS) is 13.6. The van der Waals surface area contributed by atoms with E-state index in [-0.39, 0.29) is 11.9 Å². The zero-order valence-corrected chi connectivity index (χ0v) is 14.3. The van der Waals surface area contributed by atoms with Crippen molar-refractivity contribution in [1.82, 2.24) is 5.32 Å². The number of carbonyl (C=O) groups is 1. The Labute approximate surface area is 147 Å². The number of benzene rings is 3. The minimum atomic E-state index is -0.0574. The van der Waals surface area contributed by atoms with Gasteiger partial charge in [-0.2, -0.15) is 0 Å². The minimum absolute atomic E-state index is 0.0574. The highest BCUT2D eigenvalue weighted by Gasteiger charge is 2.25. The molecule has 3 nitrogen and oxygen atoms in total. The zero-order chi connectivity index (χ0) is 17.2. The quantitative estimate of drug-likeness (QED) is 0.780. The molecule has 0 heterocycles. The van der Waals surface area contributed by atoms with Crippen molar-refractivity contribution in [2.24, 2.45) is 0 Å². The number of hydrogen-bond donors (Lipinski definition) is 1. The van der Waals surface area contributed by atoms with Gasteiger partial charge in [-0.05, 0) is 47.7 Å². The largest absolute Gasteiger partial charge is 0.493 e. The van der Waals surface area contributed by atoms with Gasteiger partial charge < -0.3 is 10.1 Å². The average molecular weight is 331 g/mol. The Morgan fingerprint density at radius 2 is 1.68 bits per heavy atom. The Kier molecular flexibility index (Phi) is 4.14. The van der Waals surface area contributed by atoms with Crippen LogP contribution in [-0.2, 0) is 12.8 Å². The molecule has 4 rings (SSSR count). The lowest BCUT2D eigenvalue weighted by Gasteiger charge is -2.16. The zero-order valence-electron chi connectivity index (χ0n) is 14.3. The fourth-order valence-electron chi connectivity index (χ4n) is 3.68. The van der Waals surface area contributed by atoms with E-state index in [9.17, 15) is 4.79 Å². The molecule has 0 aliphatic heterocycles. The van der Waals surface area contributed by atoms with E-state index in [2.05, 4.69) is 29.6 Å². The minimum Gasteiger partial charge on any atom is -0.493 e. The number of ether oxygens (including phenoxy) is 1. The van der Waals surface area contributed by atoms with Crippen LogP contribution < -0.4 is 10.1 Å². The standard InChI is InChI=1S/C22H21NO2/c1-2-25-20-12-11-15-7-5-6-10-19(15)21(20)22(24)23-18-13-16-8-3-4-9-17(16)14-18/h3-12,18H,2,13-14H2,1H3,(H,23,24). The topological polar surface area (TPSA) is 38.3 Å². The van der Waals surface area contributed by atoms with Crippen LogP contribution in [0.3, 0.4) is 0 Å². The van der Waals surface area contributed by atoms with Gasteiger partial charge in [0.25, 0.3) is 5.91 Å². The van der Waals surface area contributed by atoms with Gasteiger partial charge in [0.05, 0.1) is 12.2 Å². The molecular weight excluding hydrogens is 310 g/mol. The van der Waals surface area contributed by atoms with Crippen LogP contribution >= 0.6 is 0 Å². The molecule has 0 radical (unpaired) electrons. The summed E-state index contributed by atoms with van der Waals surface area (Å²) >= 11 is 0. The van der Waals surface area contributed by atoms with Crippen molar-refractivity contribution in [3.63, 3.8) is 0 Å². The molecule has 25 heavy (non-hydrogen) atoms. The molecule has 0 bridgehead atoms. The molecule has 0 aromatic heterocycles. The molecule has 1 aliphatic carbocycles. The maximum Gasteiger partial charge on any atom is 0.255 e. The van der Waals surface area contributed by atoms with E-state index < -0.39 is 0 Å². The monoisotopic (exact) mass is 331 g/mol. The molecule has 1 N–H and O–H groups in total. The van der Waals surface area contributed by atoms with E-state index in [1.165, 1.54) is 11.1 Å². The molecule has 0 saturated carbocycles. The highest BCUT2D eigenvalue weighted by atomic mass is 16.5. The molecule has 0 unspecified atom stereocenters. The third-order valence-corrected chi connectivity index (χ3v) is 4.80. The fourth-order valence-corrected chi connectivity index (χ4v) is 3.68. The molecule has 0 saturated heterocycles. The van der Waals surface area contributed by atoms with Gasteiger partial charge in [-0.25, -0.2) is 0 Å². The number of hydrogen-bond acceptors (Lipinski definition) is 2. The highest BCUT2D eigenvalue weighted by molar-refractivity contribution is 6.09. The van der Waals surface area contributed by atoms with Gasteiger partial charge in [0.15, 0.2) is 0 Å². The van der Waals surface area contributed by atoms with Gasteiger partial charge in [-0.15, -0.1) is 0 Å². The molecule has 1 aliphatic rings. The summed E-state index contributed by atoms with van der Waals surface area (Å²) < 4.78 is 5.73. The van der Waals surface area contributed by atoms with E-state index in [1.807, 2.05) is 43.3 Å². The maximum atomic E-state index is 13.1. The second-order valence-corrected chi connectivity index (χ2v) is 6.44. The van der Waals surface area contributed by atoms with Crippen molar-refractivity contribution in [2.75, 3.05) is 6.61 Å². The van der Waals surface area contributed by atoms with E-state index in [1.54, 1.807) is 0 Å². The average Bonchev–Trinajstić information content (AvgIpc) is 3.03. The van der Waals surface area contributed by atoms with Gasteiger partial charge in [0.2, 0.25) is 0 Å². The third-order valence-electron chi connectivity index (χ3n) is 4.80. The van der Waals surface area contributed by atoms with E-state index in [0.29, 0.717) is 17.9 Å². The SMILES string of the molecule is CCOc1ccc2ccccc2c1C(=O)NC1Cc2ccccc2C1. The molecule has 0 fully saturated rings. The Hall–Kier alpha value is -2.81. The number of nitrogens with one attached hydrogen (secondary N) is 1. The third kappa shape index (κ3) is 2.98. The summed E-state index contributed by atoms with van der Waals surface area (Å²) in [5.41, 5.74) is 3.29. The maximum absolute atomic E-state index is 13.1. The number of fused-ring (bicyclic) bond motifs is 2. The predicted octanol–water partition coefficient (Wildman–Crippen LogP) is 4.14. The van der Waals surface area contributed by atoms with Gasteiger partial charge >= 0.3 is 0 Å². The molecule has 126 valence electrons. The van der Waals surface area contributed by atoms with Crippen molar-refractivity contribution >= 4 is 16.7 Å². The van der Waals surface area contributed by atoms with Gasteiger partial charge in [-0.1, -0.05) is 54.6 Å². The van der Waals surface area contributed by atoms with Crippen molar-refractivity contribution in [3.8, 4) is 5.75 Å². The summed E-state index contributed by atoms with van der Waals surface area (Å²) in [6.45, 7) is 2.47. The highest BCUT2D eigenvalue weighted by Crippen LogP contribution is 2.29. The second kappa shape index (κ2) is 6.60. The van der Waals surface area contributed by atoms with Gasteiger partial charge in [0.1, 0.15) is 5.75 Å². The van der Waals surface area contributed by atoms with Crippen LogP contribution in [0, 0.1) is 0 Å². The smallest absolute Gasteiger partial charge is 0.255 e. The first kappa shape index (κ1) is 15.7. The second-order valence-electron chi connectivity index (χ2n) is 6.44. The predicted molar refractivity (Wildman–Crippen MR) is 100 cm³/mol. The van der Waals surface area contributed by atoms with Crippen molar-refractivity contribution in [3.05, 3.63) is 77.4 Å². The van der Waals surface area contributed by atoms with Crippen LogP contribution in [-0.4, -0.2) is 18.6 Å². The number of carbonyl (C=O) groups excluding carboxylic acids is 1. The van der Waals surface area contributed by atoms with Crippen molar-refractivity contribution in [1.29, 1.82) is 0 Å². The van der Waals surface area contributed by atoms with Crippen LogP contribution in [0.15, 0.2) is 60.7 Å². The molecule has 3 heteroatoms. The summed E-state index contributed by atoms with van der Waals surface area (Å²) in [4.78, 5) is 13.1. The molecule has 0 spiro atoms. The first-order chi connectivity index (χ1) is 12.3. The molecule has 3 aromatic rings. The lowest BCUT2D eigenvalue weighted by Crippen LogP contribution is -2.35. The van der Waals surface area contributed by atoms with Crippen LogP contribution in [0.4, 0.5) is 0 Å². The van der Waals surface area contributed by atoms with Crippen LogP contribution in [0.25, 0.3) is 10.8 Å². The fraction of sp³-hybridized carbons (Fsp3) is 0.227. The molecular formula is C22H21NO2. The summed E-state index contributed by atoms with van der Waals surface area (Å²) in [6.07, 6.45) is 1.77. The molecule has 0 atom stereocenters. The number of rotatable bonds is 4. The van der Waals surface area contributed by atoms with Gasteiger partial charge in [0, 0.05) is 6.04 Å². The van der Waals surface area contributed by atoms with Gasteiger partial charge in [-0.3, -0.25) is 4.79 Å². The number of amides is 1. The van der Waals surface area contributed by atoms with E-state index >= 15 is 0 Å². The lowest BCUT2D eigenvalue weighted by molar-refractivity contribution is 0.0936. The summed E-state index contributed by atoms with van der Waals surface area (Å²) in [6, 6.07) is 20.4. The Bertz CT molecular complexity index is 907. The Morgan fingerprint density at radius 3 is 2.40 bits per heavy atom. The summed E-state index contributed by atoms with van der Waals surface area (Å²) in [5, 5.41) is 5.19. The Morgan fingerprint density at radius 1 is 1.00 bits per heavy atom. The first-order valence-electron chi connectivity index (χ1n) is 8.78. The van der Waals surface area contributed by atoms with E-state index in [4.69, 9.17) is 4.74 Å². The lowest BCUT2D eigenvalue weighted by atomic mass is 10.0. The Balaban J connectivity index is 1.65.